The third-order valence-electron chi connectivity index (χ3n) is 6.99. The molecule has 176 valence electrons. The van der Waals surface area contributed by atoms with Crippen LogP contribution in [0.3, 0.4) is 0 Å². The molecular formula is C24H31N5O4. The molecule has 0 aromatic heterocycles. The first kappa shape index (κ1) is 22.9. The number of carbonyl (C=O) groups is 3. The molecule has 2 heterocycles. The number of rotatable bonds is 9. The van der Waals surface area contributed by atoms with Crippen molar-refractivity contribution in [3.8, 4) is 11.8 Å². The maximum Gasteiger partial charge on any atom is 0.243 e. The standard InChI is InChI=1S/C24H31N5O4/c1-33-21-7-3-6-18-17(21)12-20(28-18)24(32)29-19(10-14-4-2-5-14)23(31)27-16(13-25)11-15-8-9-26-22(15)30/h3,6-7,14-16,19-20,28H,2,4-5,8-12H2,1H3,(H,26,30)(H,27,31)(H,29,32)/t15-,16-,19?,20?/m0/s1. The zero-order valence-corrected chi connectivity index (χ0v) is 18.9. The van der Waals surface area contributed by atoms with Crippen LogP contribution in [-0.4, -0.2) is 49.5 Å². The van der Waals surface area contributed by atoms with Crippen LogP contribution in [0.15, 0.2) is 18.2 Å². The van der Waals surface area contributed by atoms with E-state index >= 15 is 0 Å². The second kappa shape index (κ2) is 10.1. The van der Waals surface area contributed by atoms with Crippen LogP contribution in [0.4, 0.5) is 5.69 Å². The van der Waals surface area contributed by atoms with Crippen molar-refractivity contribution in [2.75, 3.05) is 19.0 Å². The van der Waals surface area contributed by atoms with Gasteiger partial charge in [-0.15, -0.1) is 0 Å². The molecule has 9 nitrogen and oxygen atoms in total. The number of nitrogens with zero attached hydrogens (tertiary/aromatic N) is 1. The Kier molecular flexibility index (Phi) is 7.02. The fourth-order valence-corrected chi connectivity index (χ4v) is 4.84. The summed E-state index contributed by atoms with van der Waals surface area (Å²) in [5, 5.41) is 21.2. The minimum atomic E-state index is -0.773. The van der Waals surface area contributed by atoms with Gasteiger partial charge in [0, 0.05) is 30.1 Å². The number of hydrogen-bond donors (Lipinski definition) is 4. The summed E-state index contributed by atoms with van der Waals surface area (Å²) in [6, 6.07) is 5.74. The molecule has 4 atom stereocenters. The van der Waals surface area contributed by atoms with Crippen LogP contribution in [-0.2, 0) is 20.8 Å². The van der Waals surface area contributed by atoms with Crippen molar-refractivity contribution in [2.45, 2.75) is 63.1 Å². The summed E-state index contributed by atoms with van der Waals surface area (Å²) >= 11 is 0. The minimum absolute atomic E-state index is 0.0777. The van der Waals surface area contributed by atoms with Gasteiger partial charge in [-0.3, -0.25) is 14.4 Å². The molecule has 33 heavy (non-hydrogen) atoms. The van der Waals surface area contributed by atoms with E-state index in [2.05, 4.69) is 27.3 Å². The van der Waals surface area contributed by atoms with E-state index in [0.29, 0.717) is 31.7 Å². The Bertz CT molecular complexity index is 955. The fraction of sp³-hybridized carbons (Fsp3) is 0.583. The summed E-state index contributed by atoms with van der Waals surface area (Å²) in [7, 11) is 1.60. The topological polar surface area (TPSA) is 132 Å². The highest BCUT2D eigenvalue weighted by atomic mass is 16.5. The van der Waals surface area contributed by atoms with Crippen molar-refractivity contribution >= 4 is 23.4 Å². The first-order valence-corrected chi connectivity index (χ1v) is 11.7. The molecular weight excluding hydrogens is 422 g/mol. The number of amides is 3. The van der Waals surface area contributed by atoms with Gasteiger partial charge in [0.2, 0.25) is 17.7 Å². The molecule has 1 aromatic rings. The highest BCUT2D eigenvalue weighted by Crippen LogP contribution is 2.34. The van der Waals surface area contributed by atoms with E-state index in [0.717, 1.165) is 36.3 Å². The molecule has 1 saturated carbocycles. The minimum Gasteiger partial charge on any atom is -0.496 e. The lowest BCUT2D eigenvalue weighted by Gasteiger charge is -2.30. The van der Waals surface area contributed by atoms with Gasteiger partial charge in [0.05, 0.1) is 13.2 Å². The number of fused-ring (bicyclic) bond motifs is 1. The molecule has 1 aliphatic carbocycles. The van der Waals surface area contributed by atoms with Crippen molar-refractivity contribution in [1.29, 1.82) is 5.26 Å². The molecule has 4 rings (SSSR count). The van der Waals surface area contributed by atoms with E-state index in [1.165, 1.54) is 0 Å². The number of benzene rings is 1. The first-order valence-electron chi connectivity index (χ1n) is 11.7. The summed E-state index contributed by atoms with van der Waals surface area (Å²) in [6.45, 7) is 0.595. The van der Waals surface area contributed by atoms with Crippen molar-refractivity contribution in [2.24, 2.45) is 11.8 Å². The summed E-state index contributed by atoms with van der Waals surface area (Å²) in [5.41, 5.74) is 1.80. The van der Waals surface area contributed by atoms with Gasteiger partial charge in [0.25, 0.3) is 0 Å². The molecule has 2 aliphatic heterocycles. The Labute approximate surface area is 193 Å². The maximum atomic E-state index is 13.1. The van der Waals surface area contributed by atoms with Crippen LogP contribution < -0.4 is 26.0 Å². The largest absolute Gasteiger partial charge is 0.496 e. The second-order valence-corrected chi connectivity index (χ2v) is 9.18. The Morgan fingerprint density at radius 1 is 1.24 bits per heavy atom. The zero-order chi connectivity index (χ0) is 23.4. The lowest BCUT2D eigenvalue weighted by Crippen LogP contribution is -2.53. The monoisotopic (exact) mass is 453 g/mol. The van der Waals surface area contributed by atoms with Crippen LogP contribution >= 0.6 is 0 Å². The summed E-state index contributed by atoms with van der Waals surface area (Å²) in [6.07, 6.45) is 5.15. The molecule has 9 heteroatoms. The second-order valence-electron chi connectivity index (χ2n) is 9.18. The SMILES string of the molecule is COc1cccc2c1CC(C(=O)NC(CC1CCC1)C(=O)N[C@H](C#N)C[C@@H]1CCNC1=O)N2. The summed E-state index contributed by atoms with van der Waals surface area (Å²) in [4.78, 5) is 38.0. The third-order valence-corrected chi connectivity index (χ3v) is 6.99. The van der Waals surface area contributed by atoms with Crippen LogP contribution in [0.2, 0.25) is 0 Å². The number of nitriles is 1. The van der Waals surface area contributed by atoms with Crippen molar-refractivity contribution in [3.63, 3.8) is 0 Å². The van der Waals surface area contributed by atoms with Gasteiger partial charge in [-0.25, -0.2) is 0 Å². The van der Waals surface area contributed by atoms with E-state index < -0.39 is 18.1 Å². The quantitative estimate of drug-likeness (QED) is 0.445. The molecule has 3 amide bonds. The number of methoxy groups -OCH3 is 1. The summed E-state index contributed by atoms with van der Waals surface area (Å²) in [5.74, 6) is 0.143. The van der Waals surface area contributed by atoms with Gasteiger partial charge >= 0.3 is 0 Å². The van der Waals surface area contributed by atoms with E-state index in [1.54, 1.807) is 7.11 Å². The highest BCUT2D eigenvalue weighted by Gasteiger charge is 2.35. The van der Waals surface area contributed by atoms with Gasteiger partial charge in [-0.2, -0.15) is 5.26 Å². The first-order chi connectivity index (χ1) is 16.0. The average molecular weight is 454 g/mol. The van der Waals surface area contributed by atoms with E-state index in [-0.39, 0.29) is 30.1 Å². The van der Waals surface area contributed by atoms with E-state index in [1.807, 2.05) is 18.2 Å². The lowest BCUT2D eigenvalue weighted by molar-refractivity contribution is -0.130. The molecule has 4 N–H and O–H groups in total. The summed E-state index contributed by atoms with van der Waals surface area (Å²) < 4.78 is 5.40. The predicted molar refractivity (Wildman–Crippen MR) is 121 cm³/mol. The molecule has 0 radical (unpaired) electrons. The highest BCUT2D eigenvalue weighted by molar-refractivity contribution is 5.93. The fourth-order valence-electron chi connectivity index (χ4n) is 4.84. The molecule has 2 unspecified atom stereocenters. The van der Waals surface area contributed by atoms with Crippen molar-refractivity contribution < 1.29 is 19.1 Å². The maximum absolute atomic E-state index is 13.1. The third kappa shape index (κ3) is 5.21. The van der Waals surface area contributed by atoms with Gasteiger partial charge in [0.1, 0.15) is 23.9 Å². The Morgan fingerprint density at radius 3 is 2.70 bits per heavy atom. The predicted octanol–water partition coefficient (Wildman–Crippen LogP) is 1.24. The van der Waals surface area contributed by atoms with Gasteiger partial charge in [-0.1, -0.05) is 25.3 Å². The van der Waals surface area contributed by atoms with Crippen LogP contribution in [0.1, 0.15) is 44.1 Å². The Hall–Kier alpha value is -3.28. The number of anilines is 1. The van der Waals surface area contributed by atoms with Crippen LogP contribution in [0, 0.1) is 23.2 Å². The molecule has 0 bridgehead atoms. The average Bonchev–Trinajstić information content (AvgIpc) is 3.40. The van der Waals surface area contributed by atoms with Gasteiger partial charge < -0.3 is 26.0 Å². The van der Waals surface area contributed by atoms with Crippen LogP contribution in [0.25, 0.3) is 0 Å². The number of carbonyl (C=O) groups excluding carboxylic acids is 3. The smallest absolute Gasteiger partial charge is 0.243 e. The van der Waals surface area contributed by atoms with Crippen molar-refractivity contribution in [3.05, 3.63) is 23.8 Å². The number of hydrogen-bond acceptors (Lipinski definition) is 6. The van der Waals surface area contributed by atoms with E-state index in [4.69, 9.17) is 4.74 Å². The van der Waals surface area contributed by atoms with E-state index in [9.17, 15) is 19.6 Å². The zero-order valence-electron chi connectivity index (χ0n) is 18.9. The molecule has 1 aromatic carbocycles. The normalized spacial score (nSPS) is 23.2. The van der Waals surface area contributed by atoms with Crippen LogP contribution in [0.5, 0.6) is 5.75 Å². The van der Waals surface area contributed by atoms with Gasteiger partial charge in [-0.05, 0) is 37.3 Å². The molecule has 3 aliphatic rings. The lowest BCUT2D eigenvalue weighted by atomic mass is 9.80. The molecule has 2 fully saturated rings. The number of ether oxygens (including phenoxy) is 1. The van der Waals surface area contributed by atoms with Crippen molar-refractivity contribution in [1.82, 2.24) is 16.0 Å². The Balaban J connectivity index is 1.39. The molecule has 1 saturated heterocycles. The molecule has 0 spiro atoms. The van der Waals surface area contributed by atoms with Gasteiger partial charge in [0.15, 0.2) is 0 Å². The number of nitrogens with one attached hydrogen (secondary N) is 4. The Morgan fingerprint density at radius 2 is 2.06 bits per heavy atom.